The molecule has 1 heterocycles. The molecule has 0 aliphatic heterocycles. The van der Waals surface area contributed by atoms with Crippen molar-refractivity contribution < 1.29 is 9.18 Å². The van der Waals surface area contributed by atoms with Crippen LogP contribution >= 0.6 is 27.3 Å². The van der Waals surface area contributed by atoms with Gasteiger partial charge < -0.3 is 0 Å². The zero-order chi connectivity index (χ0) is 8.27. The lowest BCUT2D eigenvalue weighted by atomic mass is 10.4. The summed E-state index contributed by atoms with van der Waals surface area (Å²) in [6.45, 7) is 0. The van der Waals surface area contributed by atoms with E-state index in [9.17, 15) is 9.18 Å². The average molecular weight is 236 g/mol. The van der Waals surface area contributed by atoms with E-state index in [0.29, 0.717) is 4.88 Å². The first-order chi connectivity index (χ1) is 5.24. The molecule has 1 rings (SSSR count). The van der Waals surface area contributed by atoms with Gasteiger partial charge in [-0.2, -0.15) is 4.99 Å². The van der Waals surface area contributed by atoms with E-state index in [1.165, 1.54) is 17.4 Å². The SMILES string of the molecule is O=C=NC(F)c1ccc(Br)s1. The second-order valence-electron chi connectivity index (χ2n) is 1.70. The number of thiophene rings is 1. The van der Waals surface area contributed by atoms with Gasteiger partial charge >= 0.3 is 0 Å². The Balaban J connectivity index is 2.84. The van der Waals surface area contributed by atoms with E-state index in [0.717, 1.165) is 3.79 Å². The molecule has 0 aliphatic carbocycles. The van der Waals surface area contributed by atoms with Crippen LogP contribution in [0.1, 0.15) is 11.2 Å². The van der Waals surface area contributed by atoms with Crippen LogP contribution < -0.4 is 0 Å². The van der Waals surface area contributed by atoms with Gasteiger partial charge in [0.25, 0.3) is 0 Å². The highest BCUT2D eigenvalue weighted by atomic mass is 79.9. The largest absolute Gasteiger partial charge is 0.238 e. The lowest BCUT2D eigenvalue weighted by Gasteiger charge is -1.92. The molecule has 1 atom stereocenters. The Morgan fingerprint density at radius 1 is 1.73 bits per heavy atom. The molecule has 0 fully saturated rings. The Hall–Kier alpha value is -0.510. The predicted octanol–water partition coefficient (Wildman–Crippen LogP) is 2.81. The predicted molar refractivity (Wildman–Crippen MR) is 44.0 cm³/mol. The van der Waals surface area contributed by atoms with Gasteiger partial charge in [-0.15, -0.1) is 11.3 Å². The van der Waals surface area contributed by atoms with E-state index < -0.39 is 6.30 Å². The molecule has 0 aromatic carbocycles. The average Bonchev–Trinajstić information content (AvgIpc) is 2.36. The maximum atomic E-state index is 12.7. The van der Waals surface area contributed by atoms with E-state index in [1.807, 2.05) is 0 Å². The standard InChI is InChI=1S/C6H3BrFNOS/c7-5-2-1-4(11-5)6(8)9-3-10/h1-2,6H. The molecule has 0 N–H and O–H groups in total. The number of aliphatic imine (C=N–C) groups is 1. The fraction of sp³-hybridized carbons (Fsp3) is 0.167. The van der Waals surface area contributed by atoms with E-state index in [-0.39, 0.29) is 0 Å². The van der Waals surface area contributed by atoms with E-state index >= 15 is 0 Å². The molecular formula is C6H3BrFNOS. The second-order valence-corrected chi connectivity index (χ2v) is 4.19. The molecule has 2 nitrogen and oxygen atoms in total. The fourth-order valence-electron chi connectivity index (χ4n) is 0.566. The van der Waals surface area contributed by atoms with E-state index in [1.54, 1.807) is 12.1 Å². The van der Waals surface area contributed by atoms with E-state index in [2.05, 4.69) is 20.9 Å². The van der Waals surface area contributed by atoms with Crippen molar-refractivity contribution >= 4 is 33.3 Å². The van der Waals surface area contributed by atoms with E-state index in [4.69, 9.17) is 0 Å². The molecule has 0 saturated carbocycles. The quantitative estimate of drug-likeness (QED) is 0.441. The number of rotatable bonds is 2. The monoisotopic (exact) mass is 235 g/mol. The number of alkyl halides is 1. The molecule has 0 bridgehead atoms. The van der Waals surface area contributed by atoms with Crippen molar-refractivity contribution in [2.24, 2.45) is 4.99 Å². The lowest BCUT2D eigenvalue weighted by molar-refractivity contribution is 0.362. The van der Waals surface area contributed by atoms with Crippen LogP contribution in [0.2, 0.25) is 0 Å². The molecule has 11 heavy (non-hydrogen) atoms. The van der Waals surface area contributed by atoms with Gasteiger partial charge in [0.2, 0.25) is 12.4 Å². The van der Waals surface area contributed by atoms with Gasteiger partial charge in [-0.25, -0.2) is 9.18 Å². The van der Waals surface area contributed by atoms with Crippen LogP contribution in [0, 0.1) is 0 Å². The number of hydrogen-bond donors (Lipinski definition) is 0. The number of hydrogen-bond acceptors (Lipinski definition) is 3. The van der Waals surface area contributed by atoms with Gasteiger partial charge in [-0.05, 0) is 28.1 Å². The molecule has 0 radical (unpaired) electrons. The van der Waals surface area contributed by atoms with Gasteiger partial charge in [0.05, 0.1) is 8.66 Å². The summed E-state index contributed by atoms with van der Waals surface area (Å²) in [6.07, 6.45) is -0.399. The zero-order valence-electron chi connectivity index (χ0n) is 5.25. The molecular weight excluding hydrogens is 233 g/mol. The number of halogens is 2. The van der Waals surface area contributed by atoms with Crippen molar-refractivity contribution in [1.82, 2.24) is 0 Å². The summed E-state index contributed by atoms with van der Waals surface area (Å²) in [5.41, 5.74) is 0. The van der Waals surface area contributed by atoms with Gasteiger partial charge in [0.15, 0.2) is 0 Å². The first kappa shape index (κ1) is 8.59. The third-order valence-electron chi connectivity index (χ3n) is 0.995. The summed E-state index contributed by atoms with van der Waals surface area (Å²) >= 11 is 4.37. The Morgan fingerprint density at radius 3 is 2.91 bits per heavy atom. The molecule has 0 amide bonds. The minimum Gasteiger partial charge on any atom is -0.215 e. The maximum absolute atomic E-state index is 12.7. The number of carbonyl (C=O) groups excluding carboxylic acids is 1. The summed E-state index contributed by atoms with van der Waals surface area (Å²) in [7, 11) is 0. The molecule has 1 unspecified atom stereocenters. The van der Waals surface area contributed by atoms with Crippen molar-refractivity contribution in [3.8, 4) is 0 Å². The van der Waals surface area contributed by atoms with Gasteiger partial charge in [0, 0.05) is 0 Å². The number of isocyanates is 1. The Labute approximate surface area is 74.9 Å². The van der Waals surface area contributed by atoms with Crippen LogP contribution in [-0.4, -0.2) is 6.08 Å². The van der Waals surface area contributed by atoms with Gasteiger partial charge in [-0.3, -0.25) is 0 Å². The minimum atomic E-state index is -1.57. The molecule has 0 spiro atoms. The minimum absolute atomic E-state index is 0.403. The van der Waals surface area contributed by atoms with Crippen LogP contribution in [-0.2, 0) is 4.79 Å². The molecule has 1 aromatic heterocycles. The lowest BCUT2D eigenvalue weighted by Crippen LogP contribution is -1.79. The highest BCUT2D eigenvalue weighted by Gasteiger charge is 2.09. The summed E-state index contributed by atoms with van der Waals surface area (Å²) in [4.78, 5) is 13.0. The fourth-order valence-corrected chi connectivity index (χ4v) is 1.91. The normalized spacial score (nSPS) is 12.2. The van der Waals surface area contributed by atoms with Crippen LogP contribution in [0.3, 0.4) is 0 Å². The van der Waals surface area contributed by atoms with Crippen LogP contribution in [0.4, 0.5) is 4.39 Å². The molecule has 1 aromatic rings. The highest BCUT2D eigenvalue weighted by molar-refractivity contribution is 9.11. The van der Waals surface area contributed by atoms with Crippen molar-refractivity contribution in [2.75, 3.05) is 0 Å². The highest BCUT2D eigenvalue weighted by Crippen LogP contribution is 2.29. The number of nitrogens with zero attached hydrogens (tertiary/aromatic N) is 1. The van der Waals surface area contributed by atoms with Crippen LogP contribution in [0.5, 0.6) is 0 Å². The Morgan fingerprint density at radius 2 is 2.45 bits per heavy atom. The summed E-state index contributed by atoms with van der Waals surface area (Å²) in [5.74, 6) is 0. The van der Waals surface area contributed by atoms with Crippen molar-refractivity contribution in [1.29, 1.82) is 0 Å². The molecule has 0 saturated heterocycles. The Bertz CT molecular complexity index is 295. The summed E-state index contributed by atoms with van der Waals surface area (Å²) < 4.78 is 13.5. The summed E-state index contributed by atoms with van der Waals surface area (Å²) in [5, 5.41) is 0. The zero-order valence-corrected chi connectivity index (χ0v) is 7.65. The van der Waals surface area contributed by atoms with Crippen LogP contribution in [0.25, 0.3) is 0 Å². The first-order valence-electron chi connectivity index (χ1n) is 2.70. The van der Waals surface area contributed by atoms with Crippen LogP contribution in [0.15, 0.2) is 20.9 Å². The molecule has 5 heteroatoms. The molecule has 0 aliphatic rings. The van der Waals surface area contributed by atoms with Gasteiger partial charge in [-0.1, -0.05) is 0 Å². The maximum Gasteiger partial charge on any atom is 0.238 e. The Kier molecular flexibility index (Phi) is 2.93. The van der Waals surface area contributed by atoms with Gasteiger partial charge in [0.1, 0.15) is 0 Å². The molecule has 58 valence electrons. The second kappa shape index (κ2) is 3.76. The third kappa shape index (κ3) is 2.22. The first-order valence-corrected chi connectivity index (χ1v) is 4.31. The van der Waals surface area contributed by atoms with Crippen molar-refractivity contribution in [3.63, 3.8) is 0 Å². The topological polar surface area (TPSA) is 29.4 Å². The summed E-state index contributed by atoms with van der Waals surface area (Å²) in [6, 6.07) is 3.27. The third-order valence-corrected chi connectivity index (χ3v) is 2.64. The smallest absolute Gasteiger partial charge is 0.215 e. The van der Waals surface area contributed by atoms with Crippen molar-refractivity contribution in [2.45, 2.75) is 6.30 Å². The van der Waals surface area contributed by atoms with Crippen molar-refractivity contribution in [3.05, 3.63) is 20.8 Å².